The Kier molecular flexibility index (Phi) is 6.19. The summed E-state index contributed by atoms with van der Waals surface area (Å²) in [4.78, 5) is 14.3. The van der Waals surface area contributed by atoms with E-state index in [9.17, 15) is 4.79 Å². The van der Waals surface area contributed by atoms with Crippen LogP contribution in [0.1, 0.15) is 37.7 Å². The van der Waals surface area contributed by atoms with Gasteiger partial charge < -0.3 is 19.7 Å². The summed E-state index contributed by atoms with van der Waals surface area (Å²) in [6.45, 7) is 4.24. The zero-order valence-corrected chi connectivity index (χ0v) is 15.3. The number of nitrogens with one attached hydrogen (secondary N) is 1. The molecule has 1 aromatic carbocycles. The average molecular weight is 346 g/mol. The Balaban J connectivity index is 1.35. The van der Waals surface area contributed by atoms with E-state index in [1.807, 2.05) is 17.0 Å². The number of hydrogen-bond donors (Lipinski definition) is 1. The summed E-state index contributed by atoms with van der Waals surface area (Å²) >= 11 is 0. The normalized spacial score (nSPS) is 19.6. The van der Waals surface area contributed by atoms with E-state index in [4.69, 9.17) is 9.47 Å². The third-order valence-electron chi connectivity index (χ3n) is 5.72. The Morgan fingerprint density at radius 2 is 2.00 bits per heavy atom. The van der Waals surface area contributed by atoms with Crippen LogP contribution in [-0.2, 0) is 11.2 Å². The molecule has 0 radical (unpaired) electrons. The lowest BCUT2D eigenvalue weighted by Gasteiger charge is -2.44. The molecule has 25 heavy (non-hydrogen) atoms. The molecule has 138 valence electrons. The molecule has 1 N–H and O–H groups in total. The summed E-state index contributed by atoms with van der Waals surface area (Å²) in [5, 5.41) is 3.07. The van der Waals surface area contributed by atoms with E-state index in [0.29, 0.717) is 12.0 Å². The summed E-state index contributed by atoms with van der Waals surface area (Å²) in [6, 6.07) is 8.20. The minimum atomic E-state index is 0.0903. The van der Waals surface area contributed by atoms with E-state index in [0.717, 1.165) is 70.6 Å². The van der Waals surface area contributed by atoms with Crippen LogP contribution >= 0.6 is 0 Å². The largest absolute Gasteiger partial charge is 0.497 e. The summed E-state index contributed by atoms with van der Waals surface area (Å²) in [5.74, 6) is 0.886. The topological polar surface area (TPSA) is 50.8 Å². The molecule has 0 saturated carbocycles. The molecule has 2 aliphatic rings. The first-order chi connectivity index (χ1) is 12.2. The standard InChI is InChI=1S/C20H30N2O3/c1-24-18-6-2-4-17(16-18)5-3-11-21-19(23)22-12-7-20(8-13-22)9-14-25-15-10-20/h2,4,6,16H,3,5,7-15H2,1H3,(H,21,23). The van der Waals surface area contributed by atoms with Crippen LogP contribution in [0.5, 0.6) is 5.75 Å². The maximum absolute atomic E-state index is 12.4. The second-order valence-electron chi connectivity index (χ2n) is 7.29. The highest BCUT2D eigenvalue weighted by Crippen LogP contribution is 2.40. The number of ether oxygens (including phenoxy) is 2. The lowest BCUT2D eigenvalue weighted by molar-refractivity contribution is -0.0145. The van der Waals surface area contributed by atoms with E-state index >= 15 is 0 Å². The van der Waals surface area contributed by atoms with Gasteiger partial charge in [0.25, 0.3) is 0 Å². The number of carbonyl (C=O) groups excluding carboxylic acids is 1. The molecular weight excluding hydrogens is 316 g/mol. The summed E-state index contributed by atoms with van der Waals surface area (Å²) in [7, 11) is 1.68. The van der Waals surface area contributed by atoms with Crippen LogP contribution in [0.3, 0.4) is 0 Å². The van der Waals surface area contributed by atoms with Gasteiger partial charge in [-0.1, -0.05) is 12.1 Å². The number of rotatable bonds is 5. The van der Waals surface area contributed by atoms with Gasteiger partial charge in [0.2, 0.25) is 0 Å². The average Bonchev–Trinajstić information content (AvgIpc) is 2.66. The lowest BCUT2D eigenvalue weighted by Crippen LogP contribution is -2.48. The van der Waals surface area contributed by atoms with Gasteiger partial charge in [-0.25, -0.2) is 4.79 Å². The lowest BCUT2D eigenvalue weighted by atomic mass is 9.72. The second kappa shape index (κ2) is 8.56. The Morgan fingerprint density at radius 1 is 1.24 bits per heavy atom. The number of carbonyl (C=O) groups is 1. The molecule has 0 aliphatic carbocycles. The van der Waals surface area contributed by atoms with Crippen molar-refractivity contribution in [3.05, 3.63) is 29.8 Å². The molecule has 1 spiro atoms. The van der Waals surface area contributed by atoms with E-state index in [1.54, 1.807) is 7.11 Å². The minimum Gasteiger partial charge on any atom is -0.497 e. The molecule has 2 saturated heterocycles. The van der Waals surface area contributed by atoms with Crippen LogP contribution in [0.4, 0.5) is 4.79 Å². The molecule has 2 amide bonds. The van der Waals surface area contributed by atoms with Crippen molar-refractivity contribution in [2.45, 2.75) is 38.5 Å². The Labute approximate surface area is 150 Å². The third-order valence-corrected chi connectivity index (χ3v) is 5.72. The van der Waals surface area contributed by atoms with Crippen molar-refractivity contribution in [2.75, 3.05) is 40.0 Å². The minimum absolute atomic E-state index is 0.0903. The van der Waals surface area contributed by atoms with Crippen molar-refractivity contribution in [1.82, 2.24) is 10.2 Å². The van der Waals surface area contributed by atoms with Gasteiger partial charge in [-0.2, -0.15) is 0 Å². The Bertz CT molecular complexity index is 560. The van der Waals surface area contributed by atoms with E-state index < -0.39 is 0 Å². The highest BCUT2D eigenvalue weighted by molar-refractivity contribution is 5.74. The van der Waals surface area contributed by atoms with Crippen LogP contribution in [-0.4, -0.2) is 50.9 Å². The maximum atomic E-state index is 12.4. The monoisotopic (exact) mass is 346 g/mol. The SMILES string of the molecule is COc1cccc(CCCNC(=O)N2CCC3(CCOCC3)CC2)c1. The highest BCUT2D eigenvalue weighted by atomic mass is 16.5. The second-order valence-corrected chi connectivity index (χ2v) is 7.29. The van der Waals surface area contributed by atoms with Crippen LogP contribution < -0.4 is 10.1 Å². The van der Waals surface area contributed by atoms with Crippen molar-refractivity contribution >= 4 is 6.03 Å². The first-order valence-electron chi connectivity index (χ1n) is 9.44. The number of piperidine rings is 1. The number of likely N-dealkylation sites (tertiary alicyclic amines) is 1. The number of nitrogens with zero attached hydrogens (tertiary/aromatic N) is 1. The summed E-state index contributed by atoms with van der Waals surface area (Å²) in [5.41, 5.74) is 1.68. The highest BCUT2D eigenvalue weighted by Gasteiger charge is 2.37. The zero-order valence-electron chi connectivity index (χ0n) is 15.3. The molecule has 2 aliphatic heterocycles. The van der Waals surface area contributed by atoms with Gasteiger partial charge in [-0.15, -0.1) is 0 Å². The van der Waals surface area contributed by atoms with E-state index in [1.165, 1.54) is 5.56 Å². The molecule has 3 rings (SSSR count). The quantitative estimate of drug-likeness (QED) is 0.833. The fraction of sp³-hybridized carbons (Fsp3) is 0.650. The third kappa shape index (κ3) is 4.88. The van der Waals surface area contributed by atoms with Crippen LogP contribution in [0.15, 0.2) is 24.3 Å². The number of aryl methyl sites for hydroxylation is 1. The number of hydrogen-bond acceptors (Lipinski definition) is 3. The Morgan fingerprint density at radius 3 is 2.72 bits per heavy atom. The molecule has 0 atom stereocenters. The summed E-state index contributed by atoms with van der Waals surface area (Å²) in [6.07, 6.45) is 6.43. The zero-order chi connectivity index (χ0) is 17.5. The molecule has 5 heteroatoms. The van der Waals surface area contributed by atoms with Gasteiger partial charge in [0, 0.05) is 32.8 Å². The van der Waals surface area contributed by atoms with Gasteiger partial charge in [0.1, 0.15) is 5.75 Å². The van der Waals surface area contributed by atoms with E-state index in [-0.39, 0.29) is 6.03 Å². The van der Waals surface area contributed by atoms with Crippen LogP contribution in [0.25, 0.3) is 0 Å². The molecule has 5 nitrogen and oxygen atoms in total. The number of methoxy groups -OCH3 is 1. The van der Waals surface area contributed by atoms with E-state index in [2.05, 4.69) is 17.4 Å². The Hall–Kier alpha value is -1.75. The van der Waals surface area contributed by atoms with Crippen molar-refractivity contribution in [1.29, 1.82) is 0 Å². The van der Waals surface area contributed by atoms with Gasteiger partial charge in [0.05, 0.1) is 7.11 Å². The molecule has 0 aromatic heterocycles. The predicted octanol–water partition coefficient (Wildman–Crippen LogP) is 3.23. The predicted molar refractivity (Wildman–Crippen MR) is 98.0 cm³/mol. The van der Waals surface area contributed by atoms with Crippen molar-refractivity contribution in [3.63, 3.8) is 0 Å². The molecule has 1 aromatic rings. The van der Waals surface area contributed by atoms with Gasteiger partial charge in [-0.05, 0) is 61.6 Å². The number of benzene rings is 1. The first-order valence-corrected chi connectivity index (χ1v) is 9.44. The van der Waals surface area contributed by atoms with Crippen LogP contribution in [0.2, 0.25) is 0 Å². The fourth-order valence-corrected chi connectivity index (χ4v) is 3.92. The first kappa shape index (κ1) is 18.1. The number of amides is 2. The molecule has 2 heterocycles. The van der Waals surface area contributed by atoms with Crippen molar-refractivity contribution in [3.8, 4) is 5.75 Å². The molecule has 0 unspecified atom stereocenters. The molecular formula is C20H30N2O3. The van der Waals surface area contributed by atoms with Crippen molar-refractivity contribution < 1.29 is 14.3 Å². The van der Waals surface area contributed by atoms with Gasteiger partial charge >= 0.3 is 6.03 Å². The summed E-state index contributed by atoms with van der Waals surface area (Å²) < 4.78 is 10.7. The molecule has 2 fully saturated rings. The van der Waals surface area contributed by atoms with Crippen LogP contribution in [0, 0.1) is 5.41 Å². The number of urea groups is 1. The smallest absolute Gasteiger partial charge is 0.317 e. The van der Waals surface area contributed by atoms with Gasteiger partial charge in [-0.3, -0.25) is 0 Å². The van der Waals surface area contributed by atoms with Gasteiger partial charge in [0.15, 0.2) is 0 Å². The fourth-order valence-electron chi connectivity index (χ4n) is 3.92. The maximum Gasteiger partial charge on any atom is 0.317 e. The molecule has 0 bridgehead atoms. The van der Waals surface area contributed by atoms with Crippen molar-refractivity contribution in [2.24, 2.45) is 5.41 Å².